The van der Waals surface area contributed by atoms with Crippen LogP contribution in [0.2, 0.25) is 0 Å². The number of para-hydroxylation sites is 1. The smallest absolute Gasteiger partial charge is 0.282 e. The summed E-state index contributed by atoms with van der Waals surface area (Å²) < 4.78 is 11.4. The molecule has 3 N–H and O–H groups in total. The first-order valence-electron chi connectivity index (χ1n) is 12.6. The van der Waals surface area contributed by atoms with Gasteiger partial charge >= 0.3 is 0 Å². The van der Waals surface area contributed by atoms with E-state index in [4.69, 9.17) is 9.47 Å². The molecule has 2 amide bonds. The number of hydrogen-bond acceptors (Lipinski definition) is 9. The molecule has 2 aliphatic heterocycles. The van der Waals surface area contributed by atoms with E-state index in [0.29, 0.717) is 30.5 Å². The first kappa shape index (κ1) is 26.2. The monoisotopic (exact) mass is 537 g/mol. The molecule has 2 aromatic heterocycles. The van der Waals surface area contributed by atoms with Gasteiger partial charge in [0.15, 0.2) is 0 Å². The Morgan fingerprint density at radius 1 is 1.03 bits per heavy atom. The van der Waals surface area contributed by atoms with E-state index in [1.807, 2.05) is 44.2 Å². The van der Waals surface area contributed by atoms with Gasteiger partial charge in [0.1, 0.15) is 11.4 Å². The number of hydrogen-bond donors (Lipinski definition) is 3. The molecule has 0 aliphatic carbocycles. The van der Waals surface area contributed by atoms with Gasteiger partial charge in [0.25, 0.3) is 5.91 Å². The van der Waals surface area contributed by atoms with Crippen LogP contribution in [0.5, 0.6) is 11.6 Å². The van der Waals surface area contributed by atoms with Gasteiger partial charge in [-0.15, -0.1) is 10.2 Å². The number of carbonyl (C=O) groups is 2. The summed E-state index contributed by atoms with van der Waals surface area (Å²) in [6.45, 7) is 8.25. The lowest BCUT2D eigenvalue weighted by Gasteiger charge is -2.37. The van der Waals surface area contributed by atoms with Gasteiger partial charge in [-0.05, 0) is 38.8 Å². The number of aliphatic hydroxyl groups is 1. The van der Waals surface area contributed by atoms with Crippen molar-refractivity contribution in [3.05, 3.63) is 58.2 Å². The van der Waals surface area contributed by atoms with Crippen LogP contribution in [-0.2, 0) is 15.1 Å². The molecule has 5 rings (SSSR count). The molecule has 1 atom stereocenters. The predicted molar refractivity (Wildman–Crippen MR) is 141 cm³/mol. The Morgan fingerprint density at radius 3 is 2.50 bits per heavy atom. The van der Waals surface area contributed by atoms with Gasteiger partial charge < -0.3 is 25.2 Å². The lowest BCUT2D eigenvalue weighted by molar-refractivity contribution is -0.124. The first-order valence-corrected chi connectivity index (χ1v) is 13.4. The molecule has 1 aromatic carbocycles. The van der Waals surface area contributed by atoms with Crippen molar-refractivity contribution in [2.45, 2.75) is 58.1 Å². The number of nitrogens with one attached hydrogen (secondary N) is 2. The second-order valence-corrected chi connectivity index (χ2v) is 11.6. The third-order valence-electron chi connectivity index (χ3n) is 6.97. The fraction of sp³-hybridized carbons (Fsp3) is 0.444. The van der Waals surface area contributed by atoms with Crippen molar-refractivity contribution < 1.29 is 24.2 Å². The zero-order chi connectivity index (χ0) is 27.1. The normalized spacial score (nSPS) is 17.7. The summed E-state index contributed by atoms with van der Waals surface area (Å²) in [6, 6.07) is 11.2. The van der Waals surface area contributed by atoms with Gasteiger partial charge in [0.05, 0.1) is 11.1 Å². The van der Waals surface area contributed by atoms with Gasteiger partial charge in [0, 0.05) is 36.3 Å². The Labute approximate surface area is 224 Å². The van der Waals surface area contributed by atoms with E-state index in [9.17, 15) is 14.7 Å². The number of pyridine rings is 1. The molecule has 1 saturated heterocycles. The maximum Gasteiger partial charge on any atom is 0.282 e. The van der Waals surface area contributed by atoms with Gasteiger partial charge in [-0.1, -0.05) is 49.4 Å². The van der Waals surface area contributed by atoms with Crippen LogP contribution in [0.3, 0.4) is 0 Å². The van der Waals surface area contributed by atoms with Crippen LogP contribution < -0.4 is 15.4 Å². The van der Waals surface area contributed by atoms with E-state index in [1.165, 1.54) is 0 Å². The molecule has 0 bridgehead atoms. The van der Waals surface area contributed by atoms with Crippen LogP contribution in [0.25, 0.3) is 0 Å². The van der Waals surface area contributed by atoms with E-state index >= 15 is 0 Å². The molecule has 38 heavy (non-hydrogen) atoms. The lowest BCUT2D eigenvalue weighted by atomic mass is 9.69. The number of benzene rings is 1. The Bertz CT molecular complexity index is 1360. The highest BCUT2D eigenvalue weighted by atomic mass is 32.1. The highest BCUT2D eigenvalue weighted by Crippen LogP contribution is 2.51. The summed E-state index contributed by atoms with van der Waals surface area (Å²) in [5.74, 6) is -0.0270. The number of carbonyl (C=O) groups excluding carboxylic acids is 2. The average Bonchev–Trinajstić information content (AvgIpc) is 3.35. The van der Waals surface area contributed by atoms with Crippen LogP contribution >= 0.6 is 11.3 Å². The Balaban J connectivity index is 1.39. The Hall–Kier alpha value is -3.41. The molecule has 1 fully saturated rings. The maximum atomic E-state index is 13.7. The molecule has 0 radical (unpaired) electrons. The second kappa shape index (κ2) is 10.0. The summed E-state index contributed by atoms with van der Waals surface area (Å²) in [7, 11) is 0. The van der Waals surface area contributed by atoms with E-state index in [-0.39, 0.29) is 28.0 Å². The summed E-state index contributed by atoms with van der Waals surface area (Å²) in [6.07, 6.45) is 1.51. The number of ether oxygens (including phenoxy) is 2. The highest BCUT2D eigenvalue weighted by molar-refractivity contribution is 7.17. The molecule has 0 saturated carbocycles. The Morgan fingerprint density at radius 2 is 1.76 bits per heavy atom. The van der Waals surface area contributed by atoms with Gasteiger partial charge in [-0.2, -0.15) is 0 Å². The molecule has 200 valence electrons. The highest BCUT2D eigenvalue weighted by Gasteiger charge is 2.44. The maximum absolute atomic E-state index is 13.7. The van der Waals surface area contributed by atoms with Crippen molar-refractivity contribution >= 4 is 28.3 Å². The quantitative estimate of drug-likeness (QED) is 0.430. The van der Waals surface area contributed by atoms with Crippen LogP contribution in [0.1, 0.15) is 73.1 Å². The molecular weight excluding hydrogens is 506 g/mol. The summed E-state index contributed by atoms with van der Waals surface area (Å²) in [5, 5.41) is 24.8. The molecule has 10 nitrogen and oxygen atoms in total. The minimum absolute atomic E-state index is 0.0383. The minimum atomic E-state index is -1.15. The number of anilines is 1. The van der Waals surface area contributed by atoms with Crippen molar-refractivity contribution in [2.24, 2.45) is 5.41 Å². The molecule has 4 heterocycles. The lowest BCUT2D eigenvalue weighted by Crippen LogP contribution is -2.38. The predicted octanol–water partition coefficient (Wildman–Crippen LogP) is 3.97. The average molecular weight is 538 g/mol. The number of fused-ring (bicyclic) bond motifs is 2. The first-order chi connectivity index (χ1) is 18.0. The van der Waals surface area contributed by atoms with E-state index in [2.05, 4.69) is 25.8 Å². The third-order valence-corrected chi connectivity index (χ3v) is 7.80. The van der Waals surface area contributed by atoms with E-state index in [1.54, 1.807) is 19.9 Å². The van der Waals surface area contributed by atoms with Crippen molar-refractivity contribution in [1.29, 1.82) is 0 Å². The van der Waals surface area contributed by atoms with Crippen LogP contribution in [0, 0.1) is 5.41 Å². The zero-order valence-corrected chi connectivity index (χ0v) is 22.6. The van der Waals surface area contributed by atoms with Gasteiger partial charge in [0.2, 0.25) is 21.9 Å². The minimum Gasteiger partial charge on any atom is -0.438 e. The molecule has 1 unspecified atom stereocenters. The molecule has 3 aromatic rings. The zero-order valence-electron chi connectivity index (χ0n) is 21.8. The second-order valence-electron chi connectivity index (χ2n) is 10.7. The van der Waals surface area contributed by atoms with Crippen molar-refractivity contribution in [2.75, 3.05) is 18.5 Å². The summed E-state index contributed by atoms with van der Waals surface area (Å²) in [4.78, 5) is 30.9. The summed E-state index contributed by atoms with van der Waals surface area (Å²) in [5.41, 5.74) is -0.0537. The number of nitrogens with zero attached hydrogens (tertiary/aromatic N) is 3. The largest absolute Gasteiger partial charge is 0.438 e. The fourth-order valence-electron chi connectivity index (χ4n) is 4.80. The summed E-state index contributed by atoms with van der Waals surface area (Å²) >= 11 is 1.03. The standard InChI is InChI=1S/C27H31N5O5S/c1-26(2,24(34)30-25-32-31-23(38-25)21(33)28-15-11-13-36-14-12-15)20-16-7-5-6-8-18(16)37-22-17(20)9-10-19(29-22)27(3,4)35/h5-10,15,20,35H,11-14H2,1-4H3,(H,28,33)(H,30,32,34). The van der Waals surface area contributed by atoms with E-state index in [0.717, 1.165) is 35.3 Å². The van der Waals surface area contributed by atoms with Gasteiger partial charge in [-0.25, -0.2) is 4.98 Å². The SMILES string of the molecule is CC(C)(O)c1ccc2c(n1)Oc1ccccc1C2C(C)(C)C(=O)Nc1nnc(C(=O)NC2CCOCC2)s1. The van der Waals surface area contributed by atoms with Crippen LogP contribution in [0.15, 0.2) is 36.4 Å². The topological polar surface area (TPSA) is 136 Å². The van der Waals surface area contributed by atoms with Crippen molar-refractivity contribution in [3.8, 4) is 11.6 Å². The number of aromatic nitrogens is 3. The van der Waals surface area contributed by atoms with Crippen LogP contribution in [-0.4, -0.2) is 51.4 Å². The fourth-order valence-corrected chi connectivity index (χ4v) is 5.44. The Kier molecular flexibility index (Phi) is 6.93. The molecule has 2 aliphatic rings. The van der Waals surface area contributed by atoms with Crippen LogP contribution in [0.4, 0.5) is 5.13 Å². The van der Waals surface area contributed by atoms with Crippen molar-refractivity contribution in [1.82, 2.24) is 20.5 Å². The molecule has 11 heteroatoms. The van der Waals surface area contributed by atoms with Crippen molar-refractivity contribution in [3.63, 3.8) is 0 Å². The molecule has 0 spiro atoms. The number of amides is 2. The third kappa shape index (κ3) is 5.13. The van der Waals surface area contributed by atoms with E-state index < -0.39 is 16.9 Å². The number of rotatable bonds is 6. The molecular formula is C27H31N5O5S. The van der Waals surface area contributed by atoms with Gasteiger partial charge in [-0.3, -0.25) is 9.59 Å².